The topological polar surface area (TPSA) is 37.4 Å². The van der Waals surface area contributed by atoms with Crippen molar-refractivity contribution < 1.29 is 4.74 Å². The third kappa shape index (κ3) is 3.38. The molecule has 1 fully saturated rings. The molecule has 2 atom stereocenters. The molecule has 4 nitrogen and oxygen atoms in total. The first-order valence-electron chi connectivity index (χ1n) is 7.26. The highest BCUT2D eigenvalue weighted by Gasteiger charge is 2.27. The molecule has 2 unspecified atom stereocenters. The van der Waals surface area contributed by atoms with Crippen LogP contribution in [0.15, 0.2) is 18.3 Å². The van der Waals surface area contributed by atoms with Crippen molar-refractivity contribution in [2.75, 3.05) is 25.1 Å². The van der Waals surface area contributed by atoms with Crippen LogP contribution in [0.5, 0.6) is 5.75 Å². The van der Waals surface area contributed by atoms with Crippen molar-refractivity contribution in [2.24, 2.45) is 0 Å². The number of nitrogens with one attached hydrogen (secondary N) is 1. The van der Waals surface area contributed by atoms with Gasteiger partial charge in [0.05, 0.1) is 13.3 Å². The lowest BCUT2D eigenvalue weighted by molar-refractivity contribution is 0.369. The Morgan fingerprint density at radius 1 is 1.47 bits per heavy atom. The number of methoxy groups -OCH3 is 1. The lowest BCUT2D eigenvalue weighted by atomic mass is 9.96. The molecular weight excluding hydrogens is 238 g/mol. The fraction of sp³-hybridized carbons (Fsp3) is 0.667. The smallest absolute Gasteiger partial charge is 0.137 e. The Morgan fingerprint density at radius 3 is 2.95 bits per heavy atom. The summed E-state index contributed by atoms with van der Waals surface area (Å²) >= 11 is 0. The first-order chi connectivity index (χ1) is 9.26. The number of pyridine rings is 1. The summed E-state index contributed by atoms with van der Waals surface area (Å²) in [5, 5.41) is 3.54. The minimum absolute atomic E-state index is 0.495. The van der Waals surface area contributed by atoms with Gasteiger partial charge in [0.15, 0.2) is 0 Å². The summed E-state index contributed by atoms with van der Waals surface area (Å²) in [7, 11) is 1.67. The number of piperidine rings is 1. The summed E-state index contributed by atoms with van der Waals surface area (Å²) in [5.41, 5.74) is 0. The summed E-state index contributed by atoms with van der Waals surface area (Å²) < 4.78 is 5.18. The first kappa shape index (κ1) is 14.1. The van der Waals surface area contributed by atoms with Crippen LogP contribution in [0.4, 0.5) is 5.82 Å². The molecule has 1 aromatic rings. The van der Waals surface area contributed by atoms with Crippen LogP contribution in [0.25, 0.3) is 0 Å². The van der Waals surface area contributed by atoms with Gasteiger partial charge in [0, 0.05) is 18.6 Å². The Bertz CT molecular complexity index is 379. The number of hydrogen-bond donors (Lipinski definition) is 1. The van der Waals surface area contributed by atoms with E-state index in [0.29, 0.717) is 12.1 Å². The third-order valence-corrected chi connectivity index (χ3v) is 3.90. The fourth-order valence-electron chi connectivity index (χ4n) is 2.88. The van der Waals surface area contributed by atoms with Crippen molar-refractivity contribution in [3.63, 3.8) is 0 Å². The highest BCUT2D eigenvalue weighted by atomic mass is 16.5. The second kappa shape index (κ2) is 6.75. The van der Waals surface area contributed by atoms with Crippen LogP contribution in [0, 0.1) is 0 Å². The minimum Gasteiger partial charge on any atom is -0.495 e. The van der Waals surface area contributed by atoms with Gasteiger partial charge in [-0.3, -0.25) is 0 Å². The molecular formula is C15H25N3O. The highest BCUT2D eigenvalue weighted by Crippen LogP contribution is 2.26. The average molecular weight is 263 g/mol. The Labute approximate surface area is 116 Å². The van der Waals surface area contributed by atoms with Crippen LogP contribution in [-0.2, 0) is 0 Å². The summed E-state index contributed by atoms with van der Waals surface area (Å²) in [6, 6.07) is 5.09. The van der Waals surface area contributed by atoms with Crippen molar-refractivity contribution in [3.8, 4) is 5.75 Å². The van der Waals surface area contributed by atoms with Crippen LogP contribution < -0.4 is 15.0 Å². The lowest BCUT2D eigenvalue weighted by Crippen LogP contribution is -2.51. The first-order valence-corrected chi connectivity index (χ1v) is 7.26. The molecule has 0 radical (unpaired) electrons. The molecule has 0 aliphatic carbocycles. The van der Waals surface area contributed by atoms with E-state index < -0.39 is 0 Å². The minimum atomic E-state index is 0.495. The molecule has 0 bridgehead atoms. The summed E-state index contributed by atoms with van der Waals surface area (Å²) in [6.07, 6.45) is 5.61. The number of nitrogens with zero attached hydrogens (tertiary/aromatic N) is 2. The van der Waals surface area contributed by atoms with Gasteiger partial charge in [-0.25, -0.2) is 4.98 Å². The van der Waals surface area contributed by atoms with Crippen molar-refractivity contribution in [2.45, 2.75) is 45.2 Å². The van der Waals surface area contributed by atoms with Gasteiger partial charge >= 0.3 is 0 Å². The summed E-state index contributed by atoms with van der Waals surface area (Å²) in [4.78, 5) is 6.98. The Kier molecular flexibility index (Phi) is 5.02. The van der Waals surface area contributed by atoms with Gasteiger partial charge in [-0.15, -0.1) is 0 Å². The molecule has 4 heteroatoms. The second-order valence-electron chi connectivity index (χ2n) is 5.16. The summed E-state index contributed by atoms with van der Waals surface area (Å²) in [6.45, 7) is 6.55. The zero-order valence-corrected chi connectivity index (χ0v) is 12.2. The van der Waals surface area contributed by atoms with E-state index in [9.17, 15) is 0 Å². The quantitative estimate of drug-likeness (QED) is 0.885. The maximum absolute atomic E-state index is 5.18. The predicted molar refractivity (Wildman–Crippen MR) is 78.9 cm³/mol. The number of anilines is 1. The van der Waals surface area contributed by atoms with Crippen molar-refractivity contribution in [1.82, 2.24) is 10.3 Å². The molecule has 1 aromatic heterocycles. The SMILES string of the molecule is CCNC(C)C1CCCCN1c1ccc(OC)cn1. The van der Waals surface area contributed by atoms with Gasteiger partial charge in [0.2, 0.25) is 0 Å². The standard InChI is InChI=1S/C15H25N3O/c1-4-16-12(2)14-7-5-6-10-18(14)15-9-8-13(19-3)11-17-15/h8-9,11-12,14,16H,4-7,10H2,1-3H3. The molecule has 106 valence electrons. The maximum atomic E-state index is 5.18. The Hall–Kier alpha value is -1.29. The van der Waals surface area contributed by atoms with E-state index in [4.69, 9.17) is 4.74 Å². The largest absolute Gasteiger partial charge is 0.495 e. The predicted octanol–water partition coefficient (Wildman–Crippen LogP) is 2.45. The number of hydrogen-bond acceptors (Lipinski definition) is 4. The van der Waals surface area contributed by atoms with E-state index in [1.54, 1.807) is 13.3 Å². The number of likely N-dealkylation sites (N-methyl/N-ethyl adjacent to an activating group) is 1. The van der Waals surface area contributed by atoms with Crippen LogP contribution in [-0.4, -0.2) is 37.3 Å². The molecule has 19 heavy (non-hydrogen) atoms. The van der Waals surface area contributed by atoms with E-state index in [-0.39, 0.29) is 0 Å². The monoisotopic (exact) mass is 263 g/mol. The normalized spacial score (nSPS) is 21.2. The molecule has 1 aliphatic heterocycles. The van der Waals surface area contributed by atoms with Gasteiger partial charge in [0.1, 0.15) is 11.6 Å². The van der Waals surface area contributed by atoms with Crippen LogP contribution in [0.3, 0.4) is 0 Å². The Morgan fingerprint density at radius 2 is 2.32 bits per heavy atom. The molecule has 1 saturated heterocycles. The van der Waals surface area contributed by atoms with Gasteiger partial charge < -0.3 is 15.0 Å². The Balaban J connectivity index is 2.13. The van der Waals surface area contributed by atoms with E-state index in [1.165, 1.54) is 19.3 Å². The van der Waals surface area contributed by atoms with E-state index >= 15 is 0 Å². The second-order valence-corrected chi connectivity index (χ2v) is 5.16. The van der Waals surface area contributed by atoms with Crippen molar-refractivity contribution >= 4 is 5.82 Å². The van der Waals surface area contributed by atoms with Gasteiger partial charge in [-0.1, -0.05) is 6.92 Å². The van der Waals surface area contributed by atoms with E-state index in [2.05, 4.69) is 35.1 Å². The highest BCUT2D eigenvalue weighted by molar-refractivity contribution is 5.43. The molecule has 2 rings (SSSR count). The molecule has 0 spiro atoms. The lowest BCUT2D eigenvalue weighted by Gasteiger charge is -2.40. The zero-order valence-electron chi connectivity index (χ0n) is 12.2. The third-order valence-electron chi connectivity index (χ3n) is 3.90. The number of rotatable bonds is 5. The molecule has 0 amide bonds. The molecule has 1 N–H and O–H groups in total. The molecule has 0 saturated carbocycles. The average Bonchev–Trinajstić information content (AvgIpc) is 2.47. The van der Waals surface area contributed by atoms with Crippen molar-refractivity contribution in [1.29, 1.82) is 0 Å². The fourth-order valence-corrected chi connectivity index (χ4v) is 2.88. The van der Waals surface area contributed by atoms with E-state index in [1.807, 2.05) is 6.07 Å². The number of ether oxygens (including phenoxy) is 1. The van der Waals surface area contributed by atoms with Crippen molar-refractivity contribution in [3.05, 3.63) is 18.3 Å². The van der Waals surface area contributed by atoms with Gasteiger partial charge in [-0.2, -0.15) is 0 Å². The van der Waals surface area contributed by atoms with Gasteiger partial charge in [0.25, 0.3) is 0 Å². The van der Waals surface area contributed by atoms with Gasteiger partial charge in [-0.05, 0) is 44.9 Å². The van der Waals surface area contributed by atoms with Crippen LogP contribution >= 0.6 is 0 Å². The zero-order chi connectivity index (χ0) is 13.7. The molecule has 1 aliphatic rings. The summed E-state index contributed by atoms with van der Waals surface area (Å²) in [5.74, 6) is 1.88. The van der Waals surface area contributed by atoms with Crippen LogP contribution in [0.1, 0.15) is 33.1 Å². The van der Waals surface area contributed by atoms with Crippen LogP contribution in [0.2, 0.25) is 0 Å². The van der Waals surface area contributed by atoms with E-state index in [0.717, 1.165) is 24.7 Å². The maximum Gasteiger partial charge on any atom is 0.137 e. The molecule has 0 aromatic carbocycles. The molecule has 2 heterocycles. The number of aromatic nitrogens is 1.